The Kier molecular flexibility index (Phi) is 4.77. The van der Waals surface area contributed by atoms with Crippen LogP contribution < -0.4 is 4.74 Å². The monoisotopic (exact) mass is 377 g/mol. The molecule has 140 valence electrons. The number of hydrogen-bond donors (Lipinski definition) is 0. The standard InChI is InChI=1S/C21H16FN3O3/c22-16-9-14(11-23)8-15(10-16)21(26)25-7-6-18-19(12-25)28-20(24-18)13-27-17-4-2-1-3-5-17/h1-5,8-10H,6-7,12-13H2. The smallest absolute Gasteiger partial charge is 0.254 e. The van der Waals surface area contributed by atoms with Gasteiger partial charge in [-0.3, -0.25) is 4.79 Å². The highest BCUT2D eigenvalue weighted by Gasteiger charge is 2.26. The molecule has 4 rings (SSSR count). The van der Waals surface area contributed by atoms with Crippen molar-refractivity contribution in [1.82, 2.24) is 9.88 Å². The molecule has 0 saturated heterocycles. The number of oxazole rings is 1. The molecule has 6 nitrogen and oxygen atoms in total. The summed E-state index contributed by atoms with van der Waals surface area (Å²) in [4.78, 5) is 18.7. The van der Waals surface area contributed by atoms with Crippen LogP contribution in [0, 0.1) is 17.1 Å². The van der Waals surface area contributed by atoms with Crippen molar-refractivity contribution >= 4 is 5.91 Å². The zero-order valence-electron chi connectivity index (χ0n) is 14.9. The van der Waals surface area contributed by atoms with Crippen LogP contribution >= 0.6 is 0 Å². The maximum atomic E-state index is 13.6. The van der Waals surface area contributed by atoms with Crippen molar-refractivity contribution in [1.29, 1.82) is 5.26 Å². The number of para-hydroxylation sites is 1. The van der Waals surface area contributed by atoms with Crippen LogP contribution in [0.3, 0.4) is 0 Å². The van der Waals surface area contributed by atoms with Gasteiger partial charge in [0.25, 0.3) is 5.91 Å². The van der Waals surface area contributed by atoms with Crippen molar-refractivity contribution in [2.75, 3.05) is 6.54 Å². The minimum Gasteiger partial charge on any atom is -0.484 e. The van der Waals surface area contributed by atoms with Crippen molar-refractivity contribution in [2.24, 2.45) is 0 Å². The molecule has 0 spiro atoms. The number of fused-ring (bicyclic) bond motifs is 1. The number of ether oxygens (including phenoxy) is 1. The van der Waals surface area contributed by atoms with Gasteiger partial charge in [0.2, 0.25) is 5.89 Å². The number of halogens is 1. The third kappa shape index (κ3) is 3.71. The second kappa shape index (κ2) is 7.53. The van der Waals surface area contributed by atoms with Gasteiger partial charge in [-0.25, -0.2) is 9.37 Å². The van der Waals surface area contributed by atoms with Crippen LogP contribution in [-0.4, -0.2) is 22.3 Å². The first kappa shape index (κ1) is 17.7. The van der Waals surface area contributed by atoms with E-state index >= 15 is 0 Å². The summed E-state index contributed by atoms with van der Waals surface area (Å²) >= 11 is 0. The van der Waals surface area contributed by atoms with E-state index in [9.17, 15) is 9.18 Å². The molecule has 1 amide bonds. The highest BCUT2D eigenvalue weighted by molar-refractivity contribution is 5.94. The topological polar surface area (TPSA) is 79.4 Å². The first-order chi connectivity index (χ1) is 13.6. The third-order valence-electron chi connectivity index (χ3n) is 4.44. The summed E-state index contributed by atoms with van der Waals surface area (Å²) in [6.45, 7) is 0.876. The van der Waals surface area contributed by atoms with Gasteiger partial charge in [-0.1, -0.05) is 18.2 Å². The number of aromatic nitrogens is 1. The van der Waals surface area contributed by atoms with Crippen LogP contribution in [0.4, 0.5) is 4.39 Å². The first-order valence-electron chi connectivity index (χ1n) is 8.77. The summed E-state index contributed by atoms with van der Waals surface area (Å²) in [7, 11) is 0. The summed E-state index contributed by atoms with van der Waals surface area (Å²) in [6, 6.07) is 14.8. The fourth-order valence-corrected chi connectivity index (χ4v) is 3.11. The summed E-state index contributed by atoms with van der Waals surface area (Å²) in [6.07, 6.45) is 0.538. The van der Waals surface area contributed by atoms with E-state index in [0.29, 0.717) is 24.6 Å². The Bertz CT molecular complexity index is 1060. The van der Waals surface area contributed by atoms with Gasteiger partial charge in [0.05, 0.1) is 23.9 Å². The SMILES string of the molecule is N#Cc1cc(F)cc(C(=O)N2CCc3nc(COc4ccccc4)oc3C2)c1. The van der Waals surface area contributed by atoms with E-state index in [1.165, 1.54) is 6.07 Å². The largest absolute Gasteiger partial charge is 0.484 e. The molecule has 0 unspecified atom stereocenters. The Hall–Kier alpha value is -3.66. The van der Waals surface area contributed by atoms with Gasteiger partial charge in [-0.2, -0.15) is 5.26 Å². The van der Waals surface area contributed by atoms with Crippen LogP contribution in [-0.2, 0) is 19.6 Å². The average molecular weight is 377 g/mol. The number of carbonyl (C=O) groups excluding carboxylic acids is 1. The molecule has 0 saturated carbocycles. The van der Waals surface area contributed by atoms with Gasteiger partial charge in [0.1, 0.15) is 17.3 Å². The number of benzene rings is 2. The maximum Gasteiger partial charge on any atom is 0.254 e. The quantitative estimate of drug-likeness (QED) is 0.696. The molecule has 7 heteroatoms. The summed E-state index contributed by atoms with van der Waals surface area (Å²) in [5.74, 6) is 0.805. The van der Waals surface area contributed by atoms with Gasteiger partial charge in [-0.15, -0.1) is 0 Å². The average Bonchev–Trinajstić information content (AvgIpc) is 3.14. The Morgan fingerprint density at radius 3 is 2.89 bits per heavy atom. The van der Waals surface area contributed by atoms with Crippen molar-refractivity contribution in [2.45, 2.75) is 19.6 Å². The molecule has 2 aromatic carbocycles. The zero-order chi connectivity index (χ0) is 19.5. The lowest BCUT2D eigenvalue weighted by Crippen LogP contribution is -2.35. The minimum absolute atomic E-state index is 0.112. The molecule has 0 N–H and O–H groups in total. The van der Waals surface area contributed by atoms with E-state index in [2.05, 4.69) is 4.98 Å². The maximum absolute atomic E-state index is 13.6. The normalized spacial score (nSPS) is 12.9. The van der Waals surface area contributed by atoms with Gasteiger partial charge in [-0.05, 0) is 30.3 Å². The van der Waals surface area contributed by atoms with E-state index in [4.69, 9.17) is 14.4 Å². The van der Waals surface area contributed by atoms with E-state index in [1.807, 2.05) is 36.4 Å². The van der Waals surface area contributed by atoms with E-state index in [0.717, 1.165) is 23.6 Å². The zero-order valence-corrected chi connectivity index (χ0v) is 14.9. The highest BCUT2D eigenvalue weighted by Crippen LogP contribution is 2.23. The van der Waals surface area contributed by atoms with Crippen LogP contribution in [0.15, 0.2) is 52.9 Å². The molecule has 28 heavy (non-hydrogen) atoms. The van der Waals surface area contributed by atoms with Crippen LogP contribution in [0.25, 0.3) is 0 Å². The molecule has 0 bridgehead atoms. The Morgan fingerprint density at radius 1 is 1.29 bits per heavy atom. The second-order valence-electron chi connectivity index (χ2n) is 6.40. The van der Waals surface area contributed by atoms with Crippen molar-refractivity contribution < 1.29 is 18.3 Å². The first-order valence-corrected chi connectivity index (χ1v) is 8.77. The predicted octanol–water partition coefficient (Wildman–Crippen LogP) is 3.46. The number of carbonyl (C=O) groups is 1. The fraction of sp³-hybridized carbons (Fsp3) is 0.190. The molecular weight excluding hydrogens is 361 g/mol. The van der Waals surface area contributed by atoms with Crippen LogP contribution in [0.2, 0.25) is 0 Å². The Balaban J connectivity index is 1.46. The Morgan fingerprint density at radius 2 is 2.11 bits per heavy atom. The van der Waals surface area contributed by atoms with Crippen molar-refractivity contribution in [3.8, 4) is 11.8 Å². The number of hydrogen-bond acceptors (Lipinski definition) is 5. The van der Waals surface area contributed by atoms with Crippen LogP contribution in [0.5, 0.6) is 5.75 Å². The van der Waals surface area contributed by atoms with E-state index in [1.54, 1.807) is 4.90 Å². The lowest BCUT2D eigenvalue weighted by molar-refractivity contribution is 0.0717. The summed E-state index contributed by atoms with van der Waals surface area (Å²) in [5.41, 5.74) is 1.06. The molecule has 0 aliphatic carbocycles. The molecule has 1 aromatic heterocycles. The van der Waals surface area contributed by atoms with E-state index < -0.39 is 5.82 Å². The van der Waals surface area contributed by atoms with Gasteiger partial charge in [0, 0.05) is 18.5 Å². The lowest BCUT2D eigenvalue weighted by Gasteiger charge is -2.25. The molecule has 2 heterocycles. The molecular formula is C21H16FN3O3. The minimum atomic E-state index is -0.611. The molecule has 0 fully saturated rings. The molecule has 1 aliphatic rings. The molecule has 3 aromatic rings. The van der Waals surface area contributed by atoms with E-state index in [-0.39, 0.29) is 30.2 Å². The van der Waals surface area contributed by atoms with Crippen LogP contribution in [0.1, 0.15) is 33.3 Å². The van der Waals surface area contributed by atoms with Gasteiger partial charge in [0.15, 0.2) is 6.61 Å². The number of nitrogens with zero attached hydrogens (tertiary/aromatic N) is 3. The lowest BCUT2D eigenvalue weighted by atomic mass is 10.1. The number of rotatable bonds is 4. The highest BCUT2D eigenvalue weighted by atomic mass is 19.1. The molecule has 0 atom stereocenters. The van der Waals surface area contributed by atoms with Gasteiger partial charge < -0.3 is 14.1 Å². The summed E-state index contributed by atoms with van der Waals surface area (Å²) in [5, 5.41) is 8.97. The number of amides is 1. The molecule has 0 radical (unpaired) electrons. The predicted molar refractivity (Wildman–Crippen MR) is 96.8 cm³/mol. The number of nitriles is 1. The second-order valence-corrected chi connectivity index (χ2v) is 6.40. The fourth-order valence-electron chi connectivity index (χ4n) is 3.11. The third-order valence-corrected chi connectivity index (χ3v) is 4.44. The van der Waals surface area contributed by atoms with Crippen molar-refractivity contribution in [3.63, 3.8) is 0 Å². The Labute approximate surface area is 160 Å². The molecule has 1 aliphatic heterocycles. The van der Waals surface area contributed by atoms with Gasteiger partial charge >= 0.3 is 0 Å². The van der Waals surface area contributed by atoms with Crippen molar-refractivity contribution in [3.05, 3.63) is 82.8 Å². The summed E-state index contributed by atoms with van der Waals surface area (Å²) < 4.78 is 25.0.